The van der Waals surface area contributed by atoms with Crippen LogP contribution in [0, 0.1) is 0 Å². The summed E-state index contributed by atoms with van der Waals surface area (Å²) in [6.07, 6.45) is 7.03. The number of nitrogens with zero attached hydrogens (tertiary/aromatic N) is 1. The number of rotatable bonds is 2. The Hall–Kier alpha value is -1.09. The predicted octanol–water partition coefficient (Wildman–Crippen LogP) is 1.74. The molecule has 1 N–H and O–H groups in total. The third-order valence-electron chi connectivity index (χ3n) is 3.35. The first kappa shape index (κ1) is 9.16. The normalized spacial score (nSPS) is 34.0. The van der Waals surface area contributed by atoms with Crippen molar-refractivity contribution >= 4 is 0 Å². The predicted molar refractivity (Wildman–Crippen MR) is 57.8 cm³/mol. The summed E-state index contributed by atoms with van der Waals surface area (Å²) in [6.45, 7) is 0. The van der Waals surface area contributed by atoms with Crippen molar-refractivity contribution in [3.63, 3.8) is 0 Å². The van der Waals surface area contributed by atoms with Crippen molar-refractivity contribution in [2.24, 2.45) is 0 Å². The first-order valence-electron chi connectivity index (χ1n) is 5.74. The minimum absolute atomic E-state index is 0.360. The fourth-order valence-electron chi connectivity index (χ4n) is 2.69. The Morgan fingerprint density at radius 1 is 1.20 bits per heavy atom. The Bertz CT molecular complexity index is 316. The van der Waals surface area contributed by atoms with E-state index in [-0.39, 0.29) is 0 Å². The number of hydrogen-bond donors (Lipinski definition) is 1. The van der Waals surface area contributed by atoms with Crippen LogP contribution in [0.2, 0.25) is 0 Å². The molecule has 3 rings (SSSR count). The van der Waals surface area contributed by atoms with Crippen LogP contribution in [0.15, 0.2) is 24.4 Å². The van der Waals surface area contributed by atoms with Crippen molar-refractivity contribution in [2.45, 2.75) is 43.9 Å². The van der Waals surface area contributed by atoms with Gasteiger partial charge in [-0.25, -0.2) is 4.98 Å². The summed E-state index contributed by atoms with van der Waals surface area (Å²) in [5.41, 5.74) is 0. The van der Waals surface area contributed by atoms with Gasteiger partial charge < -0.3 is 10.1 Å². The van der Waals surface area contributed by atoms with Gasteiger partial charge in [-0.1, -0.05) is 6.07 Å². The molecule has 80 valence electrons. The topological polar surface area (TPSA) is 34.1 Å². The summed E-state index contributed by atoms with van der Waals surface area (Å²) in [5.74, 6) is 0.767. The molecule has 0 saturated carbocycles. The van der Waals surface area contributed by atoms with E-state index in [1.807, 2.05) is 18.2 Å². The van der Waals surface area contributed by atoms with Crippen LogP contribution in [-0.4, -0.2) is 23.2 Å². The number of fused-ring (bicyclic) bond motifs is 2. The van der Waals surface area contributed by atoms with Crippen molar-refractivity contribution in [3.8, 4) is 5.88 Å². The molecule has 0 spiro atoms. The second-order valence-corrected chi connectivity index (χ2v) is 4.52. The maximum atomic E-state index is 5.88. The van der Waals surface area contributed by atoms with Crippen LogP contribution in [0.5, 0.6) is 5.88 Å². The van der Waals surface area contributed by atoms with Gasteiger partial charge in [0.1, 0.15) is 6.10 Å². The fourth-order valence-corrected chi connectivity index (χ4v) is 2.69. The average Bonchev–Trinajstić information content (AvgIpc) is 2.60. The maximum absolute atomic E-state index is 5.88. The summed E-state index contributed by atoms with van der Waals surface area (Å²) in [4.78, 5) is 4.20. The smallest absolute Gasteiger partial charge is 0.213 e. The highest BCUT2D eigenvalue weighted by Gasteiger charge is 2.34. The van der Waals surface area contributed by atoms with E-state index in [1.54, 1.807) is 6.20 Å². The molecule has 1 unspecified atom stereocenters. The molecular weight excluding hydrogens is 188 g/mol. The zero-order valence-corrected chi connectivity index (χ0v) is 8.73. The SMILES string of the molecule is c1ccc(OC2C[C@H]3CC[C@@H](C2)N3)nc1. The van der Waals surface area contributed by atoms with Gasteiger partial charge in [0, 0.05) is 24.3 Å². The number of piperidine rings is 1. The molecule has 2 fully saturated rings. The molecule has 0 aliphatic carbocycles. The molecule has 1 aromatic heterocycles. The van der Waals surface area contributed by atoms with Gasteiger partial charge in [-0.2, -0.15) is 0 Å². The standard InChI is InChI=1S/C12H16N2O/c1-2-6-13-12(3-1)15-11-7-9-4-5-10(8-11)14-9/h1-3,6,9-11,14H,4-5,7-8H2/t9-,10+,11?. The lowest BCUT2D eigenvalue weighted by molar-refractivity contribution is 0.132. The number of nitrogens with one attached hydrogen (secondary N) is 1. The lowest BCUT2D eigenvalue weighted by Gasteiger charge is -2.29. The molecule has 2 aliphatic heterocycles. The van der Waals surface area contributed by atoms with Gasteiger partial charge in [0.05, 0.1) is 0 Å². The highest BCUT2D eigenvalue weighted by atomic mass is 16.5. The third kappa shape index (κ3) is 1.97. The van der Waals surface area contributed by atoms with E-state index in [1.165, 1.54) is 12.8 Å². The number of aromatic nitrogens is 1. The molecule has 3 nitrogen and oxygen atoms in total. The van der Waals surface area contributed by atoms with Crippen molar-refractivity contribution < 1.29 is 4.74 Å². The largest absolute Gasteiger partial charge is 0.474 e. The Morgan fingerprint density at radius 2 is 2.00 bits per heavy atom. The van der Waals surface area contributed by atoms with Gasteiger partial charge in [0.25, 0.3) is 0 Å². The summed E-state index contributed by atoms with van der Waals surface area (Å²) in [6, 6.07) is 7.18. The number of pyridine rings is 1. The van der Waals surface area contributed by atoms with Crippen molar-refractivity contribution in [3.05, 3.63) is 24.4 Å². The fraction of sp³-hybridized carbons (Fsp3) is 0.583. The molecular formula is C12H16N2O. The van der Waals surface area contributed by atoms with Crippen LogP contribution in [0.4, 0.5) is 0 Å². The van der Waals surface area contributed by atoms with E-state index in [9.17, 15) is 0 Å². The summed E-state index contributed by atoms with van der Waals surface area (Å²) in [7, 11) is 0. The quantitative estimate of drug-likeness (QED) is 0.796. The second kappa shape index (κ2) is 3.81. The van der Waals surface area contributed by atoms with E-state index in [0.717, 1.165) is 18.7 Å². The maximum Gasteiger partial charge on any atom is 0.213 e. The molecule has 0 radical (unpaired) electrons. The lowest BCUT2D eigenvalue weighted by Crippen LogP contribution is -2.42. The molecule has 0 aromatic carbocycles. The molecule has 2 bridgehead atoms. The molecule has 3 atom stereocenters. The van der Waals surface area contributed by atoms with Crippen molar-refractivity contribution in [1.29, 1.82) is 0 Å². The van der Waals surface area contributed by atoms with E-state index in [2.05, 4.69) is 10.3 Å². The lowest BCUT2D eigenvalue weighted by atomic mass is 10.0. The highest BCUT2D eigenvalue weighted by Crippen LogP contribution is 2.28. The first-order chi connectivity index (χ1) is 7.40. The van der Waals surface area contributed by atoms with Gasteiger partial charge in [-0.3, -0.25) is 0 Å². The highest BCUT2D eigenvalue weighted by molar-refractivity contribution is 5.10. The zero-order valence-electron chi connectivity index (χ0n) is 8.73. The summed E-state index contributed by atoms with van der Waals surface area (Å²) in [5, 5.41) is 3.61. The Labute approximate surface area is 89.9 Å². The first-order valence-corrected chi connectivity index (χ1v) is 5.74. The van der Waals surface area contributed by atoms with Crippen LogP contribution in [0.25, 0.3) is 0 Å². The Balaban J connectivity index is 1.65. The van der Waals surface area contributed by atoms with Gasteiger partial charge in [0.15, 0.2) is 0 Å². The van der Waals surface area contributed by atoms with Gasteiger partial charge >= 0.3 is 0 Å². The zero-order chi connectivity index (χ0) is 10.1. The van der Waals surface area contributed by atoms with Gasteiger partial charge in [-0.15, -0.1) is 0 Å². The molecule has 3 heterocycles. The van der Waals surface area contributed by atoms with Crippen LogP contribution < -0.4 is 10.1 Å². The molecule has 15 heavy (non-hydrogen) atoms. The van der Waals surface area contributed by atoms with Crippen molar-refractivity contribution in [2.75, 3.05) is 0 Å². The molecule has 0 amide bonds. The van der Waals surface area contributed by atoms with Gasteiger partial charge in [0.2, 0.25) is 5.88 Å². The minimum atomic E-state index is 0.360. The third-order valence-corrected chi connectivity index (χ3v) is 3.35. The minimum Gasteiger partial charge on any atom is -0.474 e. The van der Waals surface area contributed by atoms with E-state index in [0.29, 0.717) is 18.2 Å². The van der Waals surface area contributed by atoms with Crippen LogP contribution in [-0.2, 0) is 0 Å². The molecule has 3 heteroatoms. The van der Waals surface area contributed by atoms with Crippen LogP contribution in [0.3, 0.4) is 0 Å². The van der Waals surface area contributed by atoms with E-state index < -0.39 is 0 Å². The average molecular weight is 204 g/mol. The van der Waals surface area contributed by atoms with Crippen LogP contribution in [0.1, 0.15) is 25.7 Å². The number of hydrogen-bond acceptors (Lipinski definition) is 3. The summed E-state index contributed by atoms with van der Waals surface area (Å²) < 4.78 is 5.88. The Morgan fingerprint density at radius 3 is 2.67 bits per heavy atom. The Kier molecular flexibility index (Phi) is 2.33. The second-order valence-electron chi connectivity index (χ2n) is 4.52. The molecule has 2 aliphatic rings. The number of ether oxygens (including phenoxy) is 1. The van der Waals surface area contributed by atoms with E-state index in [4.69, 9.17) is 4.74 Å². The molecule has 2 saturated heterocycles. The van der Waals surface area contributed by atoms with Gasteiger partial charge in [-0.05, 0) is 31.7 Å². The van der Waals surface area contributed by atoms with E-state index >= 15 is 0 Å². The van der Waals surface area contributed by atoms with Crippen molar-refractivity contribution in [1.82, 2.24) is 10.3 Å². The monoisotopic (exact) mass is 204 g/mol. The molecule has 1 aromatic rings. The van der Waals surface area contributed by atoms with Crippen LogP contribution >= 0.6 is 0 Å². The summed E-state index contributed by atoms with van der Waals surface area (Å²) >= 11 is 0.